The lowest BCUT2D eigenvalue weighted by atomic mass is 10.1. The van der Waals surface area contributed by atoms with E-state index in [9.17, 15) is 4.79 Å². The van der Waals surface area contributed by atoms with Crippen LogP contribution in [0, 0.1) is 0 Å². The van der Waals surface area contributed by atoms with Gasteiger partial charge in [0, 0.05) is 28.7 Å². The molecule has 1 aromatic carbocycles. The van der Waals surface area contributed by atoms with Crippen molar-refractivity contribution in [1.29, 1.82) is 0 Å². The average molecular weight is 223 g/mol. The minimum Gasteiger partial charge on any atom is -0.366 e. The van der Waals surface area contributed by atoms with Gasteiger partial charge in [0.25, 0.3) is 0 Å². The predicted octanol–water partition coefficient (Wildman–Crippen LogP) is 1.88. The van der Waals surface area contributed by atoms with Gasteiger partial charge < -0.3 is 5.73 Å². The van der Waals surface area contributed by atoms with Gasteiger partial charge in [-0.15, -0.1) is 0 Å². The number of benzene rings is 1. The summed E-state index contributed by atoms with van der Waals surface area (Å²) in [4.78, 5) is 19.8. The lowest BCUT2D eigenvalue weighted by molar-refractivity contribution is 0.100. The van der Waals surface area contributed by atoms with Gasteiger partial charge in [0.2, 0.25) is 5.91 Å². The van der Waals surface area contributed by atoms with Crippen LogP contribution < -0.4 is 5.73 Å². The van der Waals surface area contributed by atoms with E-state index in [0.29, 0.717) is 5.56 Å². The van der Waals surface area contributed by atoms with Crippen LogP contribution in [-0.4, -0.2) is 15.9 Å². The molecule has 0 unspecified atom stereocenters. The van der Waals surface area contributed by atoms with Crippen molar-refractivity contribution in [3.63, 3.8) is 0 Å². The third-order valence-electron chi connectivity index (χ3n) is 2.72. The standard InChI is InChI=1S/C13H9N3O/c14-13(17)9-2-1-3-12-10(9)6-8-7-15-5-4-11(8)16-12/h1-7H,(H2,14,17). The molecular weight excluding hydrogens is 214 g/mol. The Kier molecular flexibility index (Phi) is 2.01. The van der Waals surface area contributed by atoms with E-state index in [0.717, 1.165) is 21.8 Å². The number of hydrogen-bond donors (Lipinski definition) is 1. The van der Waals surface area contributed by atoms with Crippen molar-refractivity contribution in [2.45, 2.75) is 0 Å². The topological polar surface area (TPSA) is 68.9 Å². The number of carbonyl (C=O) groups is 1. The molecule has 0 aliphatic rings. The summed E-state index contributed by atoms with van der Waals surface area (Å²) in [6, 6.07) is 9.08. The lowest BCUT2D eigenvalue weighted by Gasteiger charge is -2.04. The SMILES string of the molecule is NC(=O)c1cccc2nc3ccncc3cc12. The van der Waals surface area contributed by atoms with Crippen molar-refractivity contribution in [1.82, 2.24) is 9.97 Å². The van der Waals surface area contributed by atoms with Crippen LogP contribution in [0.4, 0.5) is 0 Å². The Hall–Kier alpha value is -2.49. The molecule has 0 spiro atoms. The molecule has 82 valence electrons. The van der Waals surface area contributed by atoms with Gasteiger partial charge in [-0.3, -0.25) is 9.78 Å². The van der Waals surface area contributed by atoms with E-state index in [2.05, 4.69) is 9.97 Å². The summed E-state index contributed by atoms with van der Waals surface area (Å²) in [5, 5.41) is 1.66. The molecule has 2 N–H and O–H groups in total. The van der Waals surface area contributed by atoms with Crippen molar-refractivity contribution in [2.75, 3.05) is 0 Å². The van der Waals surface area contributed by atoms with Crippen LogP contribution in [-0.2, 0) is 0 Å². The Morgan fingerprint density at radius 1 is 1.18 bits per heavy atom. The number of hydrogen-bond acceptors (Lipinski definition) is 3. The summed E-state index contributed by atoms with van der Waals surface area (Å²) in [6.07, 6.45) is 3.42. The van der Waals surface area contributed by atoms with E-state index in [1.165, 1.54) is 0 Å². The monoisotopic (exact) mass is 223 g/mol. The molecule has 0 saturated heterocycles. The Bertz CT molecular complexity index is 737. The summed E-state index contributed by atoms with van der Waals surface area (Å²) in [5.41, 5.74) is 7.45. The van der Waals surface area contributed by atoms with Crippen LogP contribution in [0.5, 0.6) is 0 Å². The maximum atomic E-state index is 11.3. The summed E-state index contributed by atoms with van der Waals surface area (Å²) < 4.78 is 0. The molecule has 0 aliphatic carbocycles. The minimum absolute atomic E-state index is 0.444. The fourth-order valence-electron chi connectivity index (χ4n) is 1.91. The molecule has 0 bridgehead atoms. The first-order valence-electron chi connectivity index (χ1n) is 5.19. The van der Waals surface area contributed by atoms with E-state index in [1.807, 2.05) is 18.2 Å². The maximum absolute atomic E-state index is 11.3. The van der Waals surface area contributed by atoms with Gasteiger partial charge >= 0.3 is 0 Å². The molecule has 3 aromatic rings. The molecule has 17 heavy (non-hydrogen) atoms. The molecule has 4 heteroatoms. The second-order valence-corrected chi connectivity index (χ2v) is 3.79. The number of primary amides is 1. The first-order chi connectivity index (χ1) is 8.25. The Morgan fingerprint density at radius 3 is 2.88 bits per heavy atom. The first-order valence-corrected chi connectivity index (χ1v) is 5.19. The van der Waals surface area contributed by atoms with Crippen LogP contribution in [0.2, 0.25) is 0 Å². The highest BCUT2D eigenvalue weighted by Gasteiger charge is 2.07. The number of pyridine rings is 2. The smallest absolute Gasteiger partial charge is 0.249 e. The van der Waals surface area contributed by atoms with Gasteiger partial charge in [-0.05, 0) is 24.3 Å². The Balaban J connectivity index is 2.47. The fraction of sp³-hybridized carbons (Fsp3) is 0. The van der Waals surface area contributed by atoms with Crippen LogP contribution in [0.3, 0.4) is 0 Å². The van der Waals surface area contributed by atoms with E-state index in [4.69, 9.17) is 5.73 Å². The quantitative estimate of drug-likeness (QED) is 0.640. The second-order valence-electron chi connectivity index (χ2n) is 3.79. The van der Waals surface area contributed by atoms with Crippen molar-refractivity contribution >= 4 is 27.7 Å². The predicted molar refractivity (Wildman–Crippen MR) is 65.6 cm³/mol. The number of amides is 1. The number of aromatic nitrogens is 2. The molecule has 4 nitrogen and oxygen atoms in total. The van der Waals surface area contributed by atoms with E-state index < -0.39 is 5.91 Å². The molecule has 0 radical (unpaired) electrons. The van der Waals surface area contributed by atoms with Crippen molar-refractivity contribution < 1.29 is 4.79 Å². The Labute approximate surface area is 97.1 Å². The van der Waals surface area contributed by atoms with Gasteiger partial charge in [-0.25, -0.2) is 4.98 Å². The third kappa shape index (κ3) is 1.50. The highest BCUT2D eigenvalue weighted by molar-refractivity contribution is 6.07. The molecule has 3 rings (SSSR count). The zero-order valence-electron chi connectivity index (χ0n) is 8.92. The van der Waals surface area contributed by atoms with E-state index in [1.54, 1.807) is 24.5 Å². The summed E-state index contributed by atoms with van der Waals surface area (Å²) in [7, 11) is 0. The molecule has 2 aromatic heterocycles. The molecular formula is C13H9N3O. The summed E-state index contributed by atoms with van der Waals surface area (Å²) in [6.45, 7) is 0. The van der Waals surface area contributed by atoms with Gasteiger partial charge in [-0.2, -0.15) is 0 Å². The highest BCUT2D eigenvalue weighted by Crippen LogP contribution is 2.21. The zero-order valence-corrected chi connectivity index (χ0v) is 8.92. The minimum atomic E-state index is -0.444. The largest absolute Gasteiger partial charge is 0.366 e. The highest BCUT2D eigenvalue weighted by atomic mass is 16.1. The molecule has 1 amide bonds. The fourth-order valence-corrected chi connectivity index (χ4v) is 1.91. The maximum Gasteiger partial charge on any atom is 0.249 e. The lowest BCUT2D eigenvalue weighted by Crippen LogP contribution is -2.11. The van der Waals surface area contributed by atoms with Gasteiger partial charge in [0.1, 0.15) is 0 Å². The van der Waals surface area contributed by atoms with Crippen LogP contribution in [0.1, 0.15) is 10.4 Å². The molecule has 0 aliphatic heterocycles. The van der Waals surface area contributed by atoms with Crippen LogP contribution in [0.25, 0.3) is 21.8 Å². The number of nitrogens with zero attached hydrogens (tertiary/aromatic N) is 2. The normalized spacial score (nSPS) is 10.8. The number of fused-ring (bicyclic) bond motifs is 2. The average Bonchev–Trinajstić information content (AvgIpc) is 2.35. The van der Waals surface area contributed by atoms with Crippen molar-refractivity contribution in [2.24, 2.45) is 5.73 Å². The molecule has 2 heterocycles. The van der Waals surface area contributed by atoms with Gasteiger partial charge in [0.15, 0.2) is 0 Å². The van der Waals surface area contributed by atoms with Crippen LogP contribution >= 0.6 is 0 Å². The van der Waals surface area contributed by atoms with E-state index >= 15 is 0 Å². The van der Waals surface area contributed by atoms with Crippen molar-refractivity contribution in [3.8, 4) is 0 Å². The number of nitrogens with two attached hydrogens (primary N) is 1. The molecule has 0 fully saturated rings. The van der Waals surface area contributed by atoms with Gasteiger partial charge in [0.05, 0.1) is 11.0 Å². The third-order valence-corrected chi connectivity index (χ3v) is 2.72. The molecule has 0 atom stereocenters. The van der Waals surface area contributed by atoms with Gasteiger partial charge in [-0.1, -0.05) is 6.07 Å². The van der Waals surface area contributed by atoms with Crippen molar-refractivity contribution in [3.05, 3.63) is 48.3 Å². The van der Waals surface area contributed by atoms with Crippen LogP contribution in [0.15, 0.2) is 42.7 Å². The Morgan fingerprint density at radius 2 is 2.06 bits per heavy atom. The second kappa shape index (κ2) is 3.52. The molecule has 0 saturated carbocycles. The van der Waals surface area contributed by atoms with E-state index in [-0.39, 0.29) is 0 Å². The zero-order chi connectivity index (χ0) is 11.8. The number of carbonyl (C=O) groups excluding carboxylic acids is 1. The number of rotatable bonds is 1. The summed E-state index contributed by atoms with van der Waals surface area (Å²) >= 11 is 0. The first kappa shape index (κ1) is 9.72. The summed E-state index contributed by atoms with van der Waals surface area (Å²) in [5.74, 6) is -0.444.